The van der Waals surface area contributed by atoms with Crippen LogP contribution in [0.1, 0.15) is 0 Å². The van der Waals surface area contributed by atoms with Crippen molar-refractivity contribution in [3.63, 3.8) is 0 Å². The fourth-order valence-electron chi connectivity index (χ4n) is 1.85. The van der Waals surface area contributed by atoms with Crippen molar-refractivity contribution in [3.8, 4) is 0 Å². The minimum absolute atomic E-state index is 0.336. The fraction of sp³-hybridized carbons (Fsp3) is 0.571. The minimum atomic E-state index is -1.61. The third-order valence-corrected chi connectivity index (χ3v) is 13.8. The van der Waals surface area contributed by atoms with Gasteiger partial charge in [-0.25, -0.2) is 0 Å². The topological polar surface area (TPSA) is 36.9 Å². The van der Waals surface area contributed by atoms with Crippen LogP contribution in [0.25, 0.3) is 0 Å². The Morgan fingerprint density at radius 3 is 1.85 bits per heavy atom. The molecule has 0 heterocycles. The summed E-state index contributed by atoms with van der Waals surface area (Å²) in [7, 11) is 1.31. The van der Waals surface area contributed by atoms with Gasteiger partial charge >= 0.3 is 0 Å². The molecule has 0 aliphatic carbocycles. The van der Waals surface area contributed by atoms with E-state index in [-0.39, 0.29) is 7.47 Å². The summed E-state index contributed by atoms with van der Waals surface area (Å²) in [6.07, 6.45) is 1.42. The second-order valence-corrected chi connectivity index (χ2v) is 15.5. The number of hydrogen-bond donors (Lipinski definition) is 0. The van der Waals surface area contributed by atoms with Crippen molar-refractivity contribution in [2.75, 3.05) is 40.5 Å². The van der Waals surface area contributed by atoms with Gasteiger partial charge in [-0.2, -0.15) is 0 Å². The van der Waals surface area contributed by atoms with E-state index >= 15 is 0 Å². The van der Waals surface area contributed by atoms with Gasteiger partial charge in [0.1, 0.15) is 21.3 Å². The molecule has 1 aromatic rings. The Morgan fingerprint density at radius 2 is 1.40 bits per heavy atom. The maximum atomic E-state index is 5.60. The van der Waals surface area contributed by atoms with E-state index < -0.39 is 7.74 Å². The Morgan fingerprint density at radius 1 is 0.900 bits per heavy atom. The maximum Gasteiger partial charge on any atom is 0.146 e. The van der Waals surface area contributed by atoms with Crippen LogP contribution in [0, 0.1) is 0 Å². The molecule has 0 aromatic heterocycles. The number of benzene rings is 1. The van der Waals surface area contributed by atoms with E-state index in [0.29, 0.717) is 26.3 Å². The molecule has 6 heteroatoms. The van der Waals surface area contributed by atoms with Gasteiger partial charge in [-0.15, -0.1) is 0 Å². The Hall–Kier alpha value is -0.293. The Balaban J connectivity index is 2.72. The van der Waals surface area contributed by atoms with Crippen LogP contribution in [-0.2, 0) is 18.9 Å². The summed E-state index contributed by atoms with van der Waals surface area (Å²) in [5, 5.41) is 1.44. The molecule has 0 spiro atoms. The highest BCUT2D eigenvalue weighted by atomic mass is 31.4. The van der Waals surface area contributed by atoms with Crippen molar-refractivity contribution in [3.05, 3.63) is 30.3 Å². The molecule has 0 radical (unpaired) electrons. The Labute approximate surface area is 124 Å². The highest BCUT2D eigenvalue weighted by Crippen LogP contribution is 2.46. The lowest BCUT2D eigenvalue weighted by atomic mass is 10.4. The molecule has 0 saturated heterocycles. The number of methoxy groups -OCH3 is 2. The molecule has 0 unspecified atom stereocenters. The minimum Gasteiger partial charge on any atom is -0.359 e. The zero-order valence-electron chi connectivity index (χ0n) is 12.8. The average Bonchev–Trinajstić information content (AvgIpc) is 2.47. The highest BCUT2D eigenvalue weighted by molar-refractivity contribution is 7.96. The summed E-state index contributed by atoms with van der Waals surface area (Å²) in [4.78, 5) is 0. The zero-order valence-corrected chi connectivity index (χ0v) is 14.7. The van der Waals surface area contributed by atoms with Crippen molar-refractivity contribution in [2.45, 2.75) is 13.1 Å². The van der Waals surface area contributed by atoms with Gasteiger partial charge < -0.3 is 18.9 Å². The largest absolute Gasteiger partial charge is 0.359 e. The standard InChI is InChI=1S/C14H25O4PSi/c1-15-10-17-12-19(13-18-11-16-2)20(3,4)14-8-6-5-7-9-14/h5-9H,10-13H2,1-4H3. The van der Waals surface area contributed by atoms with Gasteiger partial charge in [-0.3, -0.25) is 0 Å². The molecule has 0 atom stereocenters. The fourth-order valence-corrected chi connectivity index (χ4v) is 8.56. The number of rotatable bonds is 10. The number of hydrogen-bond acceptors (Lipinski definition) is 4. The van der Waals surface area contributed by atoms with Crippen LogP contribution in [0.4, 0.5) is 0 Å². The summed E-state index contributed by atoms with van der Waals surface area (Å²) in [6, 6.07) is 10.7. The van der Waals surface area contributed by atoms with Crippen LogP contribution in [-0.4, -0.2) is 48.2 Å². The Bertz CT molecular complexity index is 351. The van der Waals surface area contributed by atoms with Gasteiger partial charge in [0.05, 0.1) is 12.7 Å². The molecule has 0 aliphatic rings. The highest BCUT2D eigenvalue weighted by Gasteiger charge is 2.33. The molecule has 0 saturated carbocycles. The number of ether oxygens (including phenoxy) is 4. The van der Waals surface area contributed by atoms with Gasteiger partial charge in [0, 0.05) is 14.2 Å². The first-order valence-corrected chi connectivity index (χ1v) is 12.1. The van der Waals surface area contributed by atoms with Crippen molar-refractivity contribution in [2.24, 2.45) is 0 Å². The van der Waals surface area contributed by atoms with E-state index in [9.17, 15) is 0 Å². The molecule has 0 N–H and O–H groups in total. The predicted molar refractivity (Wildman–Crippen MR) is 86.1 cm³/mol. The van der Waals surface area contributed by atoms with E-state index in [2.05, 4.69) is 43.4 Å². The molecule has 0 amide bonds. The van der Waals surface area contributed by atoms with Gasteiger partial charge in [-0.1, -0.05) is 56.1 Å². The molecular weight excluding hydrogens is 291 g/mol. The third kappa shape index (κ3) is 5.60. The van der Waals surface area contributed by atoms with Crippen LogP contribution in [0.3, 0.4) is 0 Å². The average molecular weight is 316 g/mol. The first kappa shape index (κ1) is 17.8. The molecule has 0 fully saturated rings. The predicted octanol–water partition coefficient (Wildman–Crippen LogP) is 2.74. The molecule has 20 heavy (non-hydrogen) atoms. The van der Waals surface area contributed by atoms with Crippen molar-refractivity contribution in [1.82, 2.24) is 0 Å². The van der Waals surface area contributed by atoms with Gasteiger partial charge in [0.15, 0.2) is 0 Å². The first-order valence-electron chi connectivity index (χ1n) is 6.57. The second-order valence-electron chi connectivity index (χ2n) is 4.94. The third-order valence-electron chi connectivity index (χ3n) is 3.17. The van der Waals surface area contributed by atoms with Crippen molar-refractivity contribution < 1.29 is 18.9 Å². The summed E-state index contributed by atoms with van der Waals surface area (Å²) >= 11 is 0. The van der Waals surface area contributed by atoms with E-state index in [1.807, 2.05) is 0 Å². The summed E-state index contributed by atoms with van der Waals surface area (Å²) in [5.74, 6) is 0. The first-order chi connectivity index (χ1) is 9.62. The summed E-state index contributed by atoms with van der Waals surface area (Å²) in [6.45, 7) is 5.42. The molecule has 0 aliphatic heterocycles. The maximum absolute atomic E-state index is 5.60. The van der Waals surface area contributed by atoms with Crippen LogP contribution in [0.15, 0.2) is 30.3 Å². The molecule has 4 nitrogen and oxygen atoms in total. The molecule has 1 rings (SSSR count). The van der Waals surface area contributed by atoms with E-state index in [0.717, 1.165) is 0 Å². The van der Waals surface area contributed by atoms with Crippen LogP contribution in [0.2, 0.25) is 13.1 Å². The van der Waals surface area contributed by atoms with Crippen molar-refractivity contribution in [1.29, 1.82) is 0 Å². The Kier molecular flexibility index (Phi) is 8.53. The van der Waals surface area contributed by atoms with Crippen LogP contribution >= 0.6 is 7.47 Å². The molecule has 114 valence electrons. The zero-order chi connectivity index (χ0) is 14.8. The monoisotopic (exact) mass is 316 g/mol. The molecular formula is C14H25O4PSi. The lowest BCUT2D eigenvalue weighted by molar-refractivity contribution is -0.0186. The summed E-state index contributed by atoms with van der Waals surface area (Å²) in [5.41, 5.74) is 0. The smallest absolute Gasteiger partial charge is 0.146 e. The lowest BCUT2D eigenvalue weighted by Gasteiger charge is -2.33. The SMILES string of the molecule is COCOCP(COCOC)[Si](C)(C)c1ccccc1. The van der Waals surface area contributed by atoms with E-state index in [4.69, 9.17) is 18.9 Å². The molecule has 0 bridgehead atoms. The van der Waals surface area contributed by atoms with Crippen LogP contribution in [0.5, 0.6) is 0 Å². The lowest BCUT2D eigenvalue weighted by Crippen LogP contribution is -2.41. The second kappa shape index (κ2) is 9.61. The van der Waals surface area contributed by atoms with Crippen molar-refractivity contribution >= 4 is 20.4 Å². The van der Waals surface area contributed by atoms with E-state index in [1.165, 1.54) is 5.19 Å². The molecule has 1 aromatic carbocycles. The van der Waals surface area contributed by atoms with E-state index in [1.54, 1.807) is 14.2 Å². The quantitative estimate of drug-likeness (QED) is 0.288. The summed E-state index contributed by atoms with van der Waals surface area (Å²) < 4.78 is 21.2. The van der Waals surface area contributed by atoms with Crippen LogP contribution < -0.4 is 5.19 Å². The van der Waals surface area contributed by atoms with Gasteiger partial charge in [0.2, 0.25) is 0 Å². The van der Waals surface area contributed by atoms with Gasteiger partial charge in [0.25, 0.3) is 0 Å². The normalized spacial score (nSPS) is 12.1. The van der Waals surface area contributed by atoms with Gasteiger partial charge in [-0.05, 0) is 0 Å².